The van der Waals surface area contributed by atoms with Crippen LogP contribution in [-0.4, -0.2) is 11.7 Å². The highest BCUT2D eigenvalue weighted by molar-refractivity contribution is 6.34. The van der Waals surface area contributed by atoms with Gasteiger partial charge in [0.2, 0.25) is 0 Å². The van der Waals surface area contributed by atoms with Crippen LogP contribution in [0.25, 0.3) is 0 Å². The van der Waals surface area contributed by atoms with Gasteiger partial charge in [0.15, 0.2) is 0 Å². The molecule has 0 amide bonds. The number of hydrogen-bond acceptors (Lipinski definition) is 2. The van der Waals surface area contributed by atoms with Crippen molar-refractivity contribution < 1.29 is 9.84 Å². The largest absolute Gasteiger partial charge is 0.487 e. The van der Waals surface area contributed by atoms with E-state index in [4.69, 9.17) is 33.0 Å². The third kappa shape index (κ3) is 4.99. The van der Waals surface area contributed by atoms with Crippen LogP contribution in [0.1, 0.15) is 17.5 Å². The van der Waals surface area contributed by atoms with E-state index in [0.717, 1.165) is 11.1 Å². The normalized spacial score (nSPS) is 9.86. The molecule has 0 aromatic heterocycles. The van der Waals surface area contributed by atoms with E-state index in [2.05, 4.69) is 11.8 Å². The van der Waals surface area contributed by atoms with Gasteiger partial charge in [0, 0.05) is 23.1 Å². The van der Waals surface area contributed by atoms with Crippen molar-refractivity contribution in [3.63, 3.8) is 0 Å². The number of rotatable bonds is 4. The molecule has 0 bridgehead atoms. The molecular weight excluding hydrogens is 307 g/mol. The minimum absolute atomic E-state index is 0.0827. The van der Waals surface area contributed by atoms with E-state index in [0.29, 0.717) is 28.8 Å². The van der Waals surface area contributed by atoms with Gasteiger partial charge < -0.3 is 9.84 Å². The molecule has 0 aliphatic carbocycles. The first-order valence-corrected chi connectivity index (χ1v) is 7.21. The number of aliphatic hydroxyl groups is 1. The van der Waals surface area contributed by atoms with E-state index < -0.39 is 0 Å². The van der Waals surface area contributed by atoms with Crippen molar-refractivity contribution in [2.24, 2.45) is 0 Å². The van der Waals surface area contributed by atoms with Crippen LogP contribution in [0, 0.1) is 11.8 Å². The van der Waals surface area contributed by atoms with Crippen LogP contribution in [-0.2, 0) is 6.61 Å². The van der Waals surface area contributed by atoms with Crippen LogP contribution in [0.2, 0.25) is 10.0 Å². The van der Waals surface area contributed by atoms with E-state index in [1.54, 1.807) is 18.2 Å². The van der Waals surface area contributed by atoms with Crippen molar-refractivity contribution in [3.05, 3.63) is 63.6 Å². The summed E-state index contributed by atoms with van der Waals surface area (Å²) in [5.74, 6) is 6.42. The summed E-state index contributed by atoms with van der Waals surface area (Å²) in [5, 5.41) is 9.79. The highest BCUT2D eigenvalue weighted by atomic mass is 35.5. The van der Waals surface area contributed by atoms with Crippen molar-refractivity contribution in [2.75, 3.05) is 6.61 Å². The first kappa shape index (κ1) is 15.7. The monoisotopic (exact) mass is 320 g/mol. The van der Waals surface area contributed by atoms with Crippen molar-refractivity contribution in [1.29, 1.82) is 0 Å². The molecule has 0 saturated heterocycles. The van der Waals surface area contributed by atoms with E-state index in [9.17, 15) is 0 Å². The Morgan fingerprint density at radius 1 is 1.05 bits per heavy atom. The summed E-state index contributed by atoms with van der Waals surface area (Å²) in [7, 11) is 0. The van der Waals surface area contributed by atoms with Crippen molar-refractivity contribution in [1.82, 2.24) is 0 Å². The minimum Gasteiger partial charge on any atom is -0.487 e. The Labute approximate surface area is 134 Å². The molecule has 108 valence electrons. The molecule has 1 N–H and O–H groups in total. The minimum atomic E-state index is 0.0827. The zero-order valence-electron chi connectivity index (χ0n) is 11.3. The summed E-state index contributed by atoms with van der Waals surface area (Å²) in [6.07, 6.45) is 0.484. The lowest BCUT2D eigenvalue weighted by Gasteiger charge is -2.08. The van der Waals surface area contributed by atoms with Crippen LogP contribution >= 0.6 is 23.2 Å². The quantitative estimate of drug-likeness (QED) is 0.851. The predicted molar refractivity (Wildman–Crippen MR) is 85.8 cm³/mol. The molecule has 0 fully saturated rings. The molecule has 0 aliphatic heterocycles. The van der Waals surface area contributed by atoms with Crippen molar-refractivity contribution in [3.8, 4) is 17.6 Å². The van der Waals surface area contributed by atoms with Gasteiger partial charge in [-0.1, -0.05) is 47.2 Å². The lowest BCUT2D eigenvalue weighted by Crippen LogP contribution is -1.96. The Kier molecular flexibility index (Phi) is 5.95. The average Bonchev–Trinajstić information content (AvgIpc) is 2.50. The Morgan fingerprint density at radius 2 is 1.81 bits per heavy atom. The third-order valence-electron chi connectivity index (χ3n) is 2.71. The molecule has 0 radical (unpaired) electrons. The second kappa shape index (κ2) is 7.95. The molecule has 4 heteroatoms. The molecule has 2 rings (SSSR count). The Hall–Kier alpha value is -1.66. The van der Waals surface area contributed by atoms with Crippen molar-refractivity contribution >= 4 is 23.2 Å². The standard InChI is InChI=1S/C17H14Cl2O2/c18-15-8-9-16(19)17(11-15)21-12-14-6-4-13(5-7-14)3-1-2-10-20/h4-9,11,20H,2,10,12H2. The summed E-state index contributed by atoms with van der Waals surface area (Å²) in [6, 6.07) is 12.8. The molecule has 21 heavy (non-hydrogen) atoms. The van der Waals surface area contributed by atoms with Gasteiger partial charge in [-0.3, -0.25) is 0 Å². The van der Waals surface area contributed by atoms with Crippen molar-refractivity contribution in [2.45, 2.75) is 13.0 Å². The lowest BCUT2D eigenvalue weighted by molar-refractivity contribution is 0.305. The SMILES string of the molecule is OCCC#Cc1ccc(COc2cc(Cl)ccc2Cl)cc1. The van der Waals surface area contributed by atoms with E-state index >= 15 is 0 Å². The molecule has 0 unspecified atom stereocenters. The molecule has 2 aromatic rings. The predicted octanol–water partition coefficient (Wildman–Crippen LogP) is 4.31. The van der Waals surface area contributed by atoms with Crippen LogP contribution < -0.4 is 4.74 Å². The Balaban J connectivity index is 1.98. The summed E-state index contributed by atoms with van der Waals surface area (Å²) in [6.45, 7) is 0.490. The fourth-order valence-electron chi connectivity index (χ4n) is 1.65. The molecule has 0 aliphatic rings. The van der Waals surface area contributed by atoms with Crippen LogP contribution in [0.15, 0.2) is 42.5 Å². The van der Waals surface area contributed by atoms with Gasteiger partial charge in [-0.05, 0) is 29.8 Å². The average molecular weight is 321 g/mol. The molecule has 0 spiro atoms. The highest BCUT2D eigenvalue weighted by Gasteiger charge is 2.03. The maximum Gasteiger partial charge on any atom is 0.139 e. The summed E-state index contributed by atoms with van der Waals surface area (Å²) >= 11 is 11.9. The summed E-state index contributed by atoms with van der Waals surface area (Å²) < 4.78 is 5.66. The second-order valence-corrected chi connectivity index (χ2v) is 5.18. The van der Waals surface area contributed by atoms with Gasteiger partial charge in [0.05, 0.1) is 11.6 Å². The first-order valence-electron chi connectivity index (χ1n) is 6.45. The van der Waals surface area contributed by atoms with E-state index in [1.807, 2.05) is 24.3 Å². The van der Waals surface area contributed by atoms with Gasteiger partial charge in [-0.15, -0.1) is 0 Å². The van der Waals surface area contributed by atoms with E-state index in [1.165, 1.54) is 0 Å². The van der Waals surface area contributed by atoms with E-state index in [-0.39, 0.29) is 6.61 Å². The fraction of sp³-hybridized carbons (Fsp3) is 0.176. The highest BCUT2D eigenvalue weighted by Crippen LogP contribution is 2.28. The third-order valence-corrected chi connectivity index (χ3v) is 3.26. The fourth-order valence-corrected chi connectivity index (χ4v) is 1.99. The summed E-state index contributed by atoms with van der Waals surface area (Å²) in [5.41, 5.74) is 1.92. The molecule has 0 heterocycles. The molecule has 0 saturated carbocycles. The second-order valence-electron chi connectivity index (χ2n) is 4.34. The number of hydrogen-bond donors (Lipinski definition) is 1. The number of aliphatic hydroxyl groups excluding tert-OH is 1. The first-order chi connectivity index (χ1) is 10.2. The topological polar surface area (TPSA) is 29.5 Å². The molecule has 0 atom stereocenters. The van der Waals surface area contributed by atoms with Gasteiger partial charge in [-0.25, -0.2) is 0 Å². The number of benzene rings is 2. The molecule has 2 nitrogen and oxygen atoms in total. The van der Waals surface area contributed by atoms with Crippen LogP contribution in [0.3, 0.4) is 0 Å². The number of ether oxygens (including phenoxy) is 1. The molecule has 2 aromatic carbocycles. The zero-order valence-corrected chi connectivity index (χ0v) is 12.8. The van der Waals surface area contributed by atoms with Gasteiger partial charge in [0.25, 0.3) is 0 Å². The van der Waals surface area contributed by atoms with Gasteiger partial charge in [0.1, 0.15) is 12.4 Å². The van der Waals surface area contributed by atoms with Gasteiger partial charge in [-0.2, -0.15) is 0 Å². The molecular formula is C17H14Cl2O2. The van der Waals surface area contributed by atoms with Crippen LogP contribution in [0.4, 0.5) is 0 Å². The maximum absolute atomic E-state index is 8.67. The lowest BCUT2D eigenvalue weighted by atomic mass is 10.1. The summed E-state index contributed by atoms with van der Waals surface area (Å²) in [4.78, 5) is 0. The van der Waals surface area contributed by atoms with Gasteiger partial charge >= 0.3 is 0 Å². The Bertz CT molecular complexity index is 655. The van der Waals surface area contributed by atoms with Crippen LogP contribution in [0.5, 0.6) is 5.75 Å². The maximum atomic E-state index is 8.67. The smallest absolute Gasteiger partial charge is 0.139 e. The number of halogens is 2. The zero-order chi connectivity index (χ0) is 15.1. The Morgan fingerprint density at radius 3 is 2.52 bits per heavy atom.